The molecule has 0 saturated heterocycles. The molecule has 132 valence electrons. The van der Waals surface area contributed by atoms with Crippen molar-refractivity contribution in [1.82, 2.24) is 9.88 Å². The third kappa shape index (κ3) is 4.04. The predicted molar refractivity (Wildman–Crippen MR) is 107 cm³/mol. The Bertz CT molecular complexity index is 975. The van der Waals surface area contributed by atoms with Gasteiger partial charge in [0.05, 0.1) is 6.54 Å². The second-order valence-corrected chi connectivity index (χ2v) is 7.61. The molecule has 0 aliphatic rings. The van der Waals surface area contributed by atoms with Crippen molar-refractivity contribution in [3.8, 4) is 6.07 Å². The summed E-state index contributed by atoms with van der Waals surface area (Å²) < 4.78 is 2.18. The maximum atomic E-state index is 12.4. The molecule has 1 N–H and O–H groups in total. The van der Waals surface area contributed by atoms with Crippen LogP contribution < -0.4 is 5.32 Å². The van der Waals surface area contributed by atoms with Crippen LogP contribution in [0, 0.1) is 17.2 Å². The van der Waals surface area contributed by atoms with E-state index in [-0.39, 0.29) is 11.5 Å². The fourth-order valence-corrected chi connectivity index (χ4v) is 3.56. The fraction of sp³-hybridized carbons (Fsp3) is 0.238. The molecule has 0 atom stereocenters. The Kier molecular flexibility index (Phi) is 5.55. The van der Waals surface area contributed by atoms with Gasteiger partial charge in [-0.2, -0.15) is 5.26 Å². The van der Waals surface area contributed by atoms with Crippen LogP contribution in [0.15, 0.2) is 53.5 Å². The van der Waals surface area contributed by atoms with Crippen LogP contribution in [0.1, 0.15) is 24.3 Å². The van der Waals surface area contributed by atoms with Crippen molar-refractivity contribution in [3.05, 3.63) is 64.0 Å². The number of nitrogens with one attached hydrogen (secondary N) is 1. The predicted octanol–water partition coefficient (Wildman–Crippen LogP) is 4.58. The topological polar surface area (TPSA) is 57.8 Å². The van der Waals surface area contributed by atoms with Crippen molar-refractivity contribution in [2.24, 2.45) is 5.92 Å². The third-order valence-corrected chi connectivity index (χ3v) is 4.93. The van der Waals surface area contributed by atoms with Gasteiger partial charge >= 0.3 is 0 Å². The maximum absolute atomic E-state index is 12.4. The zero-order valence-electron chi connectivity index (χ0n) is 14.9. The zero-order chi connectivity index (χ0) is 18.5. The number of rotatable bonds is 6. The minimum atomic E-state index is -0.346. The highest BCUT2D eigenvalue weighted by Crippen LogP contribution is 2.24. The Labute approximate surface area is 157 Å². The number of nitrogens with zero attached hydrogens (tertiary/aromatic N) is 2. The molecule has 0 radical (unpaired) electrons. The van der Waals surface area contributed by atoms with Gasteiger partial charge in [-0.15, -0.1) is 11.3 Å². The van der Waals surface area contributed by atoms with Crippen LogP contribution in [0.3, 0.4) is 0 Å². The zero-order valence-corrected chi connectivity index (χ0v) is 15.7. The second kappa shape index (κ2) is 8.03. The number of fused-ring (bicyclic) bond motifs is 1. The first kappa shape index (κ1) is 18.0. The summed E-state index contributed by atoms with van der Waals surface area (Å²) in [5.41, 5.74) is 2.13. The van der Waals surface area contributed by atoms with Crippen LogP contribution in [0.25, 0.3) is 17.0 Å². The average Bonchev–Trinajstić information content (AvgIpc) is 3.26. The number of para-hydroxylation sites is 1. The number of hydrogen-bond donors (Lipinski definition) is 1. The summed E-state index contributed by atoms with van der Waals surface area (Å²) in [7, 11) is 0. The van der Waals surface area contributed by atoms with Gasteiger partial charge < -0.3 is 9.88 Å². The highest BCUT2D eigenvalue weighted by Gasteiger charge is 2.13. The molecule has 0 bridgehead atoms. The smallest absolute Gasteiger partial charge is 0.262 e. The molecule has 1 aromatic carbocycles. The molecule has 0 fully saturated rings. The minimum Gasteiger partial charge on any atom is -0.347 e. The van der Waals surface area contributed by atoms with Crippen molar-refractivity contribution in [3.63, 3.8) is 0 Å². The average molecular weight is 363 g/mol. The van der Waals surface area contributed by atoms with Crippen LogP contribution in [-0.2, 0) is 17.9 Å². The van der Waals surface area contributed by atoms with Crippen LogP contribution in [-0.4, -0.2) is 10.5 Å². The van der Waals surface area contributed by atoms with E-state index < -0.39 is 0 Å². The molecule has 3 rings (SSSR count). The van der Waals surface area contributed by atoms with Gasteiger partial charge in [-0.3, -0.25) is 4.79 Å². The van der Waals surface area contributed by atoms with Crippen molar-refractivity contribution < 1.29 is 4.79 Å². The Balaban J connectivity index is 1.89. The van der Waals surface area contributed by atoms with Crippen LogP contribution in [0.2, 0.25) is 0 Å². The highest BCUT2D eigenvalue weighted by molar-refractivity contribution is 7.09. The van der Waals surface area contributed by atoms with E-state index in [1.165, 1.54) is 0 Å². The van der Waals surface area contributed by atoms with E-state index in [0.717, 1.165) is 27.9 Å². The molecule has 2 aromatic heterocycles. The van der Waals surface area contributed by atoms with Crippen LogP contribution in [0.4, 0.5) is 0 Å². The van der Waals surface area contributed by atoms with Crippen molar-refractivity contribution in [2.45, 2.75) is 26.9 Å². The number of aromatic nitrogens is 1. The molecule has 2 heterocycles. The lowest BCUT2D eigenvalue weighted by Gasteiger charge is -2.07. The van der Waals surface area contributed by atoms with Gasteiger partial charge in [0.2, 0.25) is 0 Å². The normalized spacial score (nSPS) is 11.7. The first-order chi connectivity index (χ1) is 12.6. The Morgan fingerprint density at radius 2 is 2.12 bits per heavy atom. The van der Waals surface area contributed by atoms with Crippen molar-refractivity contribution in [1.29, 1.82) is 5.26 Å². The molecule has 0 aliphatic heterocycles. The summed E-state index contributed by atoms with van der Waals surface area (Å²) in [5, 5.41) is 15.3. The van der Waals surface area contributed by atoms with Gasteiger partial charge in [0.15, 0.2) is 0 Å². The Hall–Kier alpha value is -2.84. The number of amides is 1. The van der Waals surface area contributed by atoms with E-state index in [1.807, 2.05) is 48.0 Å². The summed E-state index contributed by atoms with van der Waals surface area (Å²) in [6.07, 6.45) is 3.71. The van der Waals surface area contributed by atoms with Gasteiger partial charge in [0.1, 0.15) is 11.6 Å². The fourth-order valence-electron chi connectivity index (χ4n) is 2.91. The highest BCUT2D eigenvalue weighted by atomic mass is 32.1. The van der Waals surface area contributed by atoms with Gasteiger partial charge in [0, 0.05) is 34.1 Å². The summed E-state index contributed by atoms with van der Waals surface area (Å²) in [6.45, 7) is 5.66. The molecule has 4 nitrogen and oxygen atoms in total. The minimum absolute atomic E-state index is 0.119. The lowest BCUT2D eigenvalue weighted by Crippen LogP contribution is -2.23. The number of carbonyl (C=O) groups excluding carboxylic acids is 1. The largest absolute Gasteiger partial charge is 0.347 e. The van der Waals surface area contributed by atoms with E-state index in [4.69, 9.17) is 0 Å². The summed E-state index contributed by atoms with van der Waals surface area (Å²) in [6, 6.07) is 14.0. The first-order valence-electron chi connectivity index (χ1n) is 8.58. The molecule has 1 amide bonds. The summed E-state index contributed by atoms with van der Waals surface area (Å²) in [5.74, 6) is 0.161. The van der Waals surface area contributed by atoms with Gasteiger partial charge in [-0.05, 0) is 29.5 Å². The van der Waals surface area contributed by atoms with Gasteiger partial charge in [0.25, 0.3) is 5.91 Å². The lowest BCUT2D eigenvalue weighted by molar-refractivity contribution is -0.117. The molecule has 3 aromatic rings. The molecular formula is C21H21N3OS. The maximum Gasteiger partial charge on any atom is 0.262 e. The molecular weight excluding hydrogens is 342 g/mol. The van der Waals surface area contributed by atoms with Crippen LogP contribution >= 0.6 is 11.3 Å². The van der Waals surface area contributed by atoms with E-state index >= 15 is 0 Å². The van der Waals surface area contributed by atoms with Gasteiger partial charge in [-0.25, -0.2) is 0 Å². The molecule has 0 unspecified atom stereocenters. The summed E-state index contributed by atoms with van der Waals surface area (Å²) >= 11 is 1.58. The number of nitriles is 1. The number of hydrogen-bond acceptors (Lipinski definition) is 3. The third-order valence-electron chi connectivity index (χ3n) is 4.05. The molecule has 26 heavy (non-hydrogen) atoms. The van der Waals surface area contributed by atoms with Gasteiger partial charge in [-0.1, -0.05) is 38.1 Å². The number of thiophene rings is 1. The van der Waals surface area contributed by atoms with Crippen molar-refractivity contribution >= 4 is 34.2 Å². The molecule has 0 aliphatic carbocycles. The lowest BCUT2D eigenvalue weighted by atomic mass is 10.1. The monoisotopic (exact) mass is 363 g/mol. The van der Waals surface area contributed by atoms with Crippen molar-refractivity contribution in [2.75, 3.05) is 0 Å². The quantitative estimate of drug-likeness (QED) is 0.515. The van der Waals surface area contributed by atoms with E-state index in [0.29, 0.717) is 12.5 Å². The summed E-state index contributed by atoms with van der Waals surface area (Å²) in [4.78, 5) is 13.4. The van der Waals surface area contributed by atoms with E-state index in [9.17, 15) is 10.1 Å². The first-order valence-corrected chi connectivity index (χ1v) is 9.46. The molecule has 0 saturated carbocycles. The second-order valence-electron chi connectivity index (χ2n) is 6.58. The van der Waals surface area contributed by atoms with E-state index in [2.05, 4.69) is 29.8 Å². The van der Waals surface area contributed by atoms with Crippen LogP contribution in [0.5, 0.6) is 0 Å². The SMILES string of the molecule is CC(C)Cn1cc(/C=C(\C#N)C(=O)NCc2cccs2)c2ccccc21. The van der Waals surface area contributed by atoms with E-state index in [1.54, 1.807) is 17.4 Å². The molecule has 0 spiro atoms. The Morgan fingerprint density at radius 1 is 1.31 bits per heavy atom. The number of benzene rings is 1. The Morgan fingerprint density at radius 3 is 2.81 bits per heavy atom. The molecule has 5 heteroatoms. The standard InChI is InChI=1S/C21H21N3OS/c1-15(2)13-24-14-17(19-7-3-4-8-20(19)24)10-16(11-22)21(25)23-12-18-6-5-9-26-18/h3-10,14-15H,12-13H2,1-2H3,(H,23,25)/b16-10+. The number of carbonyl (C=O) groups is 1.